The number of carbonyl (C=O) groups excluding carboxylic acids is 1. The first-order chi connectivity index (χ1) is 11.6. The number of aryl methyl sites for hydroxylation is 1. The van der Waals surface area contributed by atoms with Gasteiger partial charge in [-0.1, -0.05) is 30.0 Å². The van der Waals surface area contributed by atoms with Gasteiger partial charge in [0, 0.05) is 5.39 Å². The summed E-state index contributed by atoms with van der Waals surface area (Å²) < 4.78 is 0. The maximum atomic E-state index is 12.8. The van der Waals surface area contributed by atoms with Crippen molar-refractivity contribution in [3.63, 3.8) is 0 Å². The van der Waals surface area contributed by atoms with Crippen LogP contribution in [0.1, 0.15) is 19.7 Å². The Morgan fingerprint density at radius 2 is 2.00 bits per heavy atom. The summed E-state index contributed by atoms with van der Waals surface area (Å²) in [5, 5.41) is 1.79. The molecule has 1 aromatic carbocycles. The first kappa shape index (κ1) is 17.2. The second-order valence-corrected chi connectivity index (χ2v) is 7.61. The molecular formula is C18H25N4OS+. The van der Waals surface area contributed by atoms with E-state index in [1.807, 2.05) is 43.0 Å². The van der Waals surface area contributed by atoms with E-state index in [0.717, 1.165) is 54.5 Å². The minimum atomic E-state index is -0.133. The quantitative estimate of drug-likeness (QED) is 0.668. The Balaban J connectivity index is 1.73. The lowest BCUT2D eigenvalue weighted by Crippen LogP contribution is -3.14. The molecule has 5 nitrogen and oxygen atoms in total. The van der Waals surface area contributed by atoms with Crippen LogP contribution in [0.5, 0.6) is 0 Å². The molecule has 24 heavy (non-hydrogen) atoms. The zero-order chi connectivity index (χ0) is 17.1. The van der Waals surface area contributed by atoms with Crippen molar-refractivity contribution in [3.8, 4) is 0 Å². The van der Waals surface area contributed by atoms with Gasteiger partial charge in [-0.15, -0.1) is 0 Å². The van der Waals surface area contributed by atoms with Crippen molar-refractivity contribution < 1.29 is 9.69 Å². The van der Waals surface area contributed by atoms with Crippen LogP contribution in [0, 0.1) is 6.92 Å². The number of fused-ring (bicyclic) bond motifs is 1. The van der Waals surface area contributed by atoms with E-state index < -0.39 is 0 Å². The van der Waals surface area contributed by atoms with E-state index in [-0.39, 0.29) is 11.2 Å². The first-order valence-electron chi connectivity index (χ1n) is 8.61. The Kier molecular flexibility index (Phi) is 5.36. The summed E-state index contributed by atoms with van der Waals surface area (Å²) in [7, 11) is 0. The molecule has 1 aromatic heterocycles. The van der Waals surface area contributed by atoms with E-state index in [1.54, 1.807) is 16.7 Å². The van der Waals surface area contributed by atoms with Gasteiger partial charge in [-0.3, -0.25) is 4.79 Å². The fourth-order valence-electron chi connectivity index (χ4n) is 3.12. The fraction of sp³-hybridized carbons (Fsp3) is 0.500. The molecule has 1 saturated heterocycles. The molecular weight excluding hydrogens is 320 g/mol. The van der Waals surface area contributed by atoms with E-state index in [2.05, 4.69) is 16.9 Å². The Labute approximate surface area is 147 Å². The largest absolute Gasteiger partial charge is 0.332 e. The van der Waals surface area contributed by atoms with Crippen LogP contribution in [0.2, 0.25) is 0 Å². The Morgan fingerprint density at radius 3 is 2.71 bits per heavy atom. The number of likely N-dealkylation sites (N-methyl/N-ethyl adjacent to an activating group) is 1. The summed E-state index contributed by atoms with van der Waals surface area (Å²) >= 11 is 1.55. The number of nitrogens with one attached hydrogen (secondary N) is 1. The topological polar surface area (TPSA) is 50.5 Å². The van der Waals surface area contributed by atoms with Crippen LogP contribution < -0.4 is 4.90 Å². The fourth-order valence-corrected chi connectivity index (χ4v) is 4.19. The van der Waals surface area contributed by atoms with Crippen LogP contribution in [0.3, 0.4) is 0 Å². The summed E-state index contributed by atoms with van der Waals surface area (Å²) in [4.78, 5) is 25.4. The minimum absolute atomic E-state index is 0.133. The van der Waals surface area contributed by atoms with Crippen molar-refractivity contribution in [2.24, 2.45) is 0 Å². The van der Waals surface area contributed by atoms with Gasteiger partial charge in [-0.05, 0) is 26.8 Å². The molecule has 3 rings (SSSR count). The molecule has 1 atom stereocenters. The number of rotatable bonds is 4. The van der Waals surface area contributed by atoms with Gasteiger partial charge in [-0.2, -0.15) is 0 Å². The number of hydrogen-bond donors (Lipinski definition) is 1. The molecule has 0 spiro atoms. The standard InChI is InChI=1S/C18H24N4OS/c1-4-21-9-11-22(12-10-21)18(23)13(2)24-17-15-7-5-6-8-16(15)19-14(3)20-17/h5-8,13H,4,9-12H2,1-3H3/p+1/t13-/m0/s1. The number of piperazine rings is 1. The van der Waals surface area contributed by atoms with Gasteiger partial charge in [0.1, 0.15) is 10.9 Å². The van der Waals surface area contributed by atoms with Crippen molar-refractivity contribution in [2.75, 3.05) is 32.7 Å². The molecule has 1 N–H and O–H groups in total. The van der Waals surface area contributed by atoms with E-state index >= 15 is 0 Å². The van der Waals surface area contributed by atoms with Gasteiger partial charge in [0.05, 0.1) is 43.5 Å². The predicted molar refractivity (Wildman–Crippen MR) is 97.4 cm³/mol. The molecule has 0 unspecified atom stereocenters. The molecule has 1 aliphatic rings. The summed E-state index contributed by atoms with van der Waals surface area (Å²) in [6.45, 7) is 11.0. The average molecular weight is 345 g/mol. The lowest BCUT2D eigenvalue weighted by molar-refractivity contribution is -0.902. The number of quaternary nitrogens is 1. The maximum absolute atomic E-state index is 12.8. The van der Waals surface area contributed by atoms with Gasteiger partial charge in [0.25, 0.3) is 0 Å². The van der Waals surface area contributed by atoms with Crippen LogP contribution in [0.15, 0.2) is 29.3 Å². The normalized spacial score (nSPS) is 17.2. The number of aromatic nitrogens is 2. The summed E-state index contributed by atoms with van der Waals surface area (Å²) in [6, 6.07) is 7.99. The third kappa shape index (κ3) is 3.70. The molecule has 1 aliphatic heterocycles. The number of benzene rings is 1. The zero-order valence-corrected chi connectivity index (χ0v) is 15.4. The predicted octanol–water partition coefficient (Wildman–Crippen LogP) is 1.17. The first-order valence-corrected chi connectivity index (χ1v) is 9.49. The smallest absolute Gasteiger partial charge is 0.236 e. The number of nitrogens with zero attached hydrogens (tertiary/aromatic N) is 3. The van der Waals surface area contributed by atoms with E-state index in [4.69, 9.17) is 0 Å². The minimum Gasteiger partial charge on any atom is -0.332 e. The molecule has 128 valence electrons. The highest BCUT2D eigenvalue weighted by Gasteiger charge is 2.27. The van der Waals surface area contributed by atoms with Crippen molar-refractivity contribution in [1.29, 1.82) is 0 Å². The van der Waals surface area contributed by atoms with E-state index in [9.17, 15) is 4.79 Å². The number of thioether (sulfide) groups is 1. The molecule has 2 aromatic rings. The van der Waals surface area contributed by atoms with Crippen LogP contribution in [-0.4, -0.2) is 58.7 Å². The Morgan fingerprint density at radius 1 is 1.29 bits per heavy atom. The summed E-state index contributed by atoms with van der Waals surface area (Å²) in [5.74, 6) is 0.964. The van der Waals surface area contributed by atoms with Gasteiger partial charge in [0.2, 0.25) is 5.91 Å². The van der Waals surface area contributed by atoms with Crippen LogP contribution in [-0.2, 0) is 4.79 Å². The lowest BCUT2D eigenvalue weighted by Gasteiger charge is -2.33. The number of hydrogen-bond acceptors (Lipinski definition) is 4. The maximum Gasteiger partial charge on any atom is 0.236 e. The number of para-hydroxylation sites is 1. The molecule has 0 radical (unpaired) electrons. The van der Waals surface area contributed by atoms with Gasteiger partial charge < -0.3 is 9.80 Å². The molecule has 2 heterocycles. The molecule has 0 aliphatic carbocycles. The van der Waals surface area contributed by atoms with Gasteiger partial charge in [0.15, 0.2) is 0 Å². The van der Waals surface area contributed by atoms with Crippen molar-refractivity contribution >= 4 is 28.6 Å². The van der Waals surface area contributed by atoms with Crippen LogP contribution >= 0.6 is 11.8 Å². The number of amides is 1. The zero-order valence-electron chi connectivity index (χ0n) is 14.6. The van der Waals surface area contributed by atoms with E-state index in [0.29, 0.717) is 0 Å². The van der Waals surface area contributed by atoms with E-state index in [1.165, 1.54) is 0 Å². The second kappa shape index (κ2) is 7.49. The van der Waals surface area contributed by atoms with Crippen molar-refractivity contribution in [2.45, 2.75) is 31.0 Å². The molecule has 1 fully saturated rings. The summed E-state index contributed by atoms with van der Waals surface area (Å²) in [6.07, 6.45) is 0. The molecule has 0 bridgehead atoms. The highest BCUT2D eigenvalue weighted by atomic mass is 32.2. The second-order valence-electron chi connectivity index (χ2n) is 6.28. The third-order valence-electron chi connectivity index (χ3n) is 4.60. The van der Waals surface area contributed by atoms with Gasteiger partial charge in [-0.25, -0.2) is 9.97 Å². The highest BCUT2D eigenvalue weighted by molar-refractivity contribution is 8.00. The van der Waals surface area contributed by atoms with Crippen molar-refractivity contribution in [3.05, 3.63) is 30.1 Å². The Hall–Kier alpha value is -1.66. The Bertz CT molecular complexity index is 728. The van der Waals surface area contributed by atoms with Crippen LogP contribution in [0.4, 0.5) is 0 Å². The monoisotopic (exact) mass is 345 g/mol. The van der Waals surface area contributed by atoms with Gasteiger partial charge >= 0.3 is 0 Å². The van der Waals surface area contributed by atoms with Crippen LogP contribution in [0.25, 0.3) is 10.9 Å². The molecule has 1 amide bonds. The third-order valence-corrected chi connectivity index (χ3v) is 5.69. The molecule has 0 saturated carbocycles. The molecule has 6 heteroatoms. The highest BCUT2D eigenvalue weighted by Crippen LogP contribution is 2.29. The number of carbonyl (C=O) groups is 1. The lowest BCUT2D eigenvalue weighted by atomic mass is 10.2. The SMILES string of the molecule is CC[NH+]1CCN(C(=O)[C@H](C)Sc2nc(C)nc3ccccc23)CC1. The average Bonchev–Trinajstić information content (AvgIpc) is 2.61. The van der Waals surface area contributed by atoms with Crippen molar-refractivity contribution in [1.82, 2.24) is 14.9 Å². The summed E-state index contributed by atoms with van der Waals surface area (Å²) in [5.41, 5.74) is 0.937.